The van der Waals surface area contributed by atoms with Gasteiger partial charge in [0.25, 0.3) is 0 Å². The predicted molar refractivity (Wildman–Crippen MR) is 127 cm³/mol. The minimum atomic E-state index is -3.73. The van der Waals surface area contributed by atoms with Gasteiger partial charge in [0.1, 0.15) is 0 Å². The van der Waals surface area contributed by atoms with Crippen molar-refractivity contribution in [1.82, 2.24) is 9.62 Å². The van der Waals surface area contributed by atoms with Crippen LogP contribution in [-0.2, 0) is 14.8 Å². The molecular weight excluding hydrogens is 455 g/mol. The molecule has 2 fully saturated rings. The molecule has 1 unspecified atom stereocenters. The molecule has 1 aromatic rings. The van der Waals surface area contributed by atoms with Gasteiger partial charge in [-0.05, 0) is 43.9 Å². The number of sulfonamides is 1. The quantitative estimate of drug-likeness (QED) is 0.585. The molecule has 31 heavy (non-hydrogen) atoms. The van der Waals surface area contributed by atoms with E-state index in [-0.39, 0.29) is 31.7 Å². The van der Waals surface area contributed by atoms with E-state index in [0.717, 1.165) is 50.9 Å². The van der Waals surface area contributed by atoms with Crippen LogP contribution in [0, 0.1) is 20.8 Å². The largest absolute Gasteiger partial charge is 0.354 e. The van der Waals surface area contributed by atoms with E-state index in [1.54, 1.807) is 0 Å². The van der Waals surface area contributed by atoms with Crippen LogP contribution < -0.4 is 5.32 Å². The van der Waals surface area contributed by atoms with Crippen molar-refractivity contribution in [2.45, 2.75) is 75.1 Å². The molecule has 1 atom stereocenters. The lowest BCUT2D eigenvalue weighted by molar-refractivity contribution is -0.120. The number of piperidine rings is 1. The Bertz CT molecular complexity index is 789. The van der Waals surface area contributed by atoms with Crippen LogP contribution in [0.3, 0.4) is 0 Å². The Hall–Kier alpha value is -0.820. The fraction of sp³-hybridized carbons (Fsp3) is 0.565. The van der Waals surface area contributed by atoms with E-state index in [9.17, 15) is 13.2 Å². The molecule has 173 valence electrons. The Morgan fingerprint density at radius 2 is 1.52 bits per heavy atom. The third kappa shape index (κ3) is 7.62. The van der Waals surface area contributed by atoms with E-state index in [4.69, 9.17) is 23.2 Å². The number of amides is 1. The summed E-state index contributed by atoms with van der Waals surface area (Å²) in [6.45, 7) is 0.763. The van der Waals surface area contributed by atoms with Gasteiger partial charge in [0.15, 0.2) is 0 Å². The van der Waals surface area contributed by atoms with Gasteiger partial charge in [-0.15, -0.1) is 0 Å². The summed E-state index contributed by atoms with van der Waals surface area (Å²) in [5, 5.41) is 3.59. The second kappa shape index (κ2) is 13.0. The minimum Gasteiger partial charge on any atom is -0.354 e. The van der Waals surface area contributed by atoms with Crippen molar-refractivity contribution in [3.63, 3.8) is 0 Å². The average Bonchev–Trinajstić information content (AvgIpc) is 2.65. The van der Waals surface area contributed by atoms with Gasteiger partial charge in [0.2, 0.25) is 15.9 Å². The molecule has 5 radical (unpaired) electrons. The summed E-state index contributed by atoms with van der Waals surface area (Å²) in [6.07, 6.45) is 9.87. The number of nitrogens with one attached hydrogen (secondary N) is 1. The lowest BCUT2D eigenvalue weighted by atomic mass is 9.90. The highest BCUT2D eigenvalue weighted by molar-refractivity contribution is 7.89. The molecule has 1 amide bonds. The van der Waals surface area contributed by atoms with Crippen molar-refractivity contribution < 1.29 is 13.2 Å². The minimum absolute atomic E-state index is 0. The lowest BCUT2D eigenvalue weighted by Crippen LogP contribution is -2.49. The van der Waals surface area contributed by atoms with Crippen LogP contribution in [-0.4, -0.2) is 37.8 Å². The van der Waals surface area contributed by atoms with E-state index in [2.05, 4.69) is 5.32 Å². The monoisotopic (exact) mass is 487 g/mol. The van der Waals surface area contributed by atoms with Gasteiger partial charge < -0.3 is 5.32 Å². The SMILES string of the molecule is O=C(NCC1CCCCN1S(=O)(=O)c1cc(Cl)cc(Cl)c1)[C]1CCCCCCC1.[CH2].[CH2]. The van der Waals surface area contributed by atoms with Crippen molar-refractivity contribution in [1.29, 1.82) is 0 Å². The van der Waals surface area contributed by atoms with Crippen molar-refractivity contribution in [2.24, 2.45) is 0 Å². The molecule has 0 spiro atoms. The highest BCUT2D eigenvalue weighted by atomic mass is 35.5. The number of carbonyl (C=O) groups is 1. The molecule has 0 bridgehead atoms. The van der Waals surface area contributed by atoms with E-state index in [0.29, 0.717) is 23.1 Å². The van der Waals surface area contributed by atoms with Gasteiger partial charge in [0.05, 0.1) is 10.8 Å². The molecule has 5 nitrogen and oxygen atoms in total. The van der Waals surface area contributed by atoms with Crippen molar-refractivity contribution in [2.75, 3.05) is 13.1 Å². The smallest absolute Gasteiger partial charge is 0.243 e. The summed E-state index contributed by atoms with van der Waals surface area (Å²) >= 11 is 12.0. The Kier molecular flexibility index (Phi) is 11.9. The van der Waals surface area contributed by atoms with Crippen LogP contribution in [0.1, 0.15) is 64.2 Å². The Morgan fingerprint density at radius 3 is 2.13 bits per heavy atom. The molecule has 1 saturated carbocycles. The second-order valence-corrected chi connectivity index (χ2v) is 10.7. The number of hydrogen-bond acceptors (Lipinski definition) is 3. The molecule has 1 aliphatic carbocycles. The zero-order valence-corrected chi connectivity index (χ0v) is 20.4. The first-order valence-electron chi connectivity index (χ1n) is 10.5. The van der Waals surface area contributed by atoms with Crippen LogP contribution >= 0.6 is 23.2 Å². The van der Waals surface area contributed by atoms with Crippen LogP contribution in [0.4, 0.5) is 0 Å². The number of nitrogens with zero attached hydrogens (tertiary/aromatic N) is 1. The van der Waals surface area contributed by atoms with E-state index < -0.39 is 10.0 Å². The Labute approximate surface area is 198 Å². The number of halogens is 2. The molecule has 0 aromatic heterocycles. The van der Waals surface area contributed by atoms with Gasteiger partial charge >= 0.3 is 0 Å². The molecule has 1 saturated heterocycles. The van der Waals surface area contributed by atoms with Gasteiger partial charge in [0, 0.05) is 29.2 Å². The maximum Gasteiger partial charge on any atom is 0.243 e. The number of benzene rings is 1. The maximum absolute atomic E-state index is 13.2. The molecule has 1 aliphatic heterocycles. The molecule has 1 heterocycles. The summed E-state index contributed by atoms with van der Waals surface area (Å²) in [5.41, 5.74) is 0. The fourth-order valence-electron chi connectivity index (χ4n) is 4.20. The summed E-state index contributed by atoms with van der Waals surface area (Å²) in [6, 6.07) is 4.11. The zero-order valence-electron chi connectivity index (χ0n) is 18.0. The molecule has 3 rings (SSSR count). The van der Waals surface area contributed by atoms with E-state index in [1.807, 2.05) is 0 Å². The Balaban J connectivity index is 0.00000240. The summed E-state index contributed by atoms with van der Waals surface area (Å²) < 4.78 is 27.9. The van der Waals surface area contributed by atoms with E-state index >= 15 is 0 Å². The van der Waals surface area contributed by atoms with Crippen molar-refractivity contribution >= 4 is 39.1 Å². The molecule has 8 heteroatoms. The third-order valence-corrected chi connectivity index (χ3v) is 8.16. The highest BCUT2D eigenvalue weighted by Gasteiger charge is 2.34. The topological polar surface area (TPSA) is 66.5 Å². The summed E-state index contributed by atoms with van der Waals surface area (Å²) in [5.74, 6) is 0.942. The highest BCUT2D eigenvalue weighted by Crippen LogP contribution is 2.29. The van der Waals surface area contributed by atoms with Gasteiger partial charge in [-0.25, -0.2) is 8.42 Å². The molecule has 1 aromatic carbocycles. The molecule has 1 N–H and O–H groups in total. The standard InChI is InChI=1S/C21H29Cl2N2O3S.2CH2/c22-17-12-18(23)14-20(13-17)29(27,28)25-11-7-6-10-19(25)15-24-21(26)16-8-4-2-1-3-5-9-16;;/h12-14,19H,1-11,15H2,(H,24,26);2*1H2. The lowest BCUT2D eigenvalue weighted by Gasteiger charge is -2.35. The van der Waals surface area contributed by atoms with Gasteiger partial charge in [-0.1, -0.05) is 76.6 Å². The fourth-order valence-corrected chi connectivity index (χ4v) is 6.62. The van der Waals surface area contributed by atoms with Crippen LogP contribution in [0.2, 0.25) is 10.0 Å². The van der Waals surface area contributed by atoms with Crippen LogP contribution in [0.15, 0.2) is 23.1 Å². The first-order chi connectivity index (χ1) is 13.9. The van der Waals surface area contributed by atoms with Crippen LogP contribution in [0.5, 0.6) is 0 Å². The van der Waals surface area contributed by atoms with Crippen molar-refractivity contribution in [3.05, 3.63) is 49.0 Å². The van der Waals surface area contributed by atoms with E-state index in [1.165, 1.54) is 41.8 Å². The van der Waals surface area contributed by atoms with Crippen LogP contribution in [0.25, 0.3) is 0 Å². The third-order valence-electron chi connectivity index (χ3n) is 5.79. The summed E-state index contributed by atoms with van der Waals surface area (Å²) in [4.78, 5) is 12.8. The second-order valence-electron chi connectivity index (χ2n) is 7.95. The number of carbonyl (C=O) groups excluding carboxylic acids is 1. The first-order valence-corrected chi connectivity index (χ1v) is 12.7. The van der Waals surface area contributed by atoms with Gasteiger partial charge in [-0.3, -0.25) is 4.79 Å². The van der Waals surface area contributed by atoms with Crippen molar-refractivity contribution in [3.8, 4) is 0 Å². The van der Waals surface area contributed by atoms with Gasteiger partial charge in [-0.2, -0.15) is 4.31 Å². The maximum atomic E-state index is 13.2. The molecule has 2 aliphatic rings. The normalized spacial score (nSPS) is 21.2. The summed E-state index contributed by atoms with van der Waals surface area (Å²) in [7, 11) is -3.73. The Morgan fingerprint density at radius 1 is 0.935 bits per heavy atom. The zero-order chi connectivity index (χ0) is 20.9. The number of rotatable bonds is 5. The average molecular weight is 489 g/mol. The number of hydrogen-bond donors (Lipinski definition) is 1. The first kappa shape index (κ1) is 28.2. The predicted octanol–water partition coefficient (Wildman–Crippen LogP) is 5.63. The molecular formula is C23H33Cl2N2O3S.